The number of aromatic nitrogens is 1. The van der Waals surface area contributed by atoms with Gasteiger partial charge in [-0.15, -0.1) is 0 Å². The number of hydrogen-bond donors (Lipinski definition) is 1. The topological polar surface area (TPSA) is 61.7 Å². The molecule has 1 heterocycles. The molecule has 3 rings (SSSR count). The number of amides is 1. The van der Waals surface area contributed by atoms with E-state index in [1.807, 2.05) is 13.8 Å². The molecule has 0 unspecified atom stereocenters. The summed E-state index contributed by atoms with van der Waals surface area (Å²) in [7, 11) is 4.65. The van der Waals surface area contributed by atoms with Gasteiger partial charge in [0.1, 0.15) is 5.69 Å². The lowest BCUT2D eigenvalue weighted by atomic mass is 10.1. The van der Waals surface area contributed by atoms with E-state index in [0.717, 1.165) is 22.9 Å². The number of nitrogens with one attached hydrogen (secondary N) is 1. The number of ether oxygens (including phenoxy) is 3. The summed E-state index contributed by atoms with van der Waals surface area (Å²) in [6.07, 6.45) is 0.958. The number of benzene rings is 2. The monoisotopic (exact) mass is 396 g/mol. The number of carbonyl (C=O) groups is 1. The predicted molar refractivity (Wildman–Crippen MR) is 116 cm³/mol. The second-order valence-electron chi connectivity index (χ2n) is 6.79. The predicted octanol–water partition coefficient (Wildman–Crippen LogP) is 4.81. The van der Waals surface area contributed by atoms with Gasteiger partial charge >= 0.3 is 0 Å². The van der Waals surface area contributed by atoms with Crippen molar-refractivity contribution in [2.24, 2.45) is 0 Å². The molecular formula is C23H28N2O4. The van der Waals surface area contributed by atoms with Crippen LogP contribution in [0.2, 0.25) is 0 Å². The van der Waals surface area contributed by atoms with Crippen molar-refractivity contribution in [3.05, 3.63) is 47.2 Å². The number of rotatable bonds is 7. The Labute approximate surface area is 171 Å². The number of fused-ring (bicyclic) bond motifs is 1. The molecule has 6 nitrogen and oxygen atoms in total. The first-order chi connectivity index (χ1) is 14.0. The van der Waals surface area contributed by atoms with Crippen LogP contribution in [-0.2, 0) is 13.0 Å². The average Bonchev–Trinajstić information content (AvgIpc) is 3.03. The highest BCUT2D eigenvalue weighted by molar-refractivity contribution is 6.08. The van der Waals surface area contributed by atoms with Gasteiger partial charge in [0.2, 0.25) is 5.75 Å². The molecule has 1 aromatic heterocycles. The van der Waals surface area contributed by atoms with Gasteiger partial charge in [0.05, 0.1) is 21.3 Å². The quantitative estimate of drug-likeness (QED) is 0.623. The molecule has 0 saturated heterocycles. The van der Waals surface area contributed by atoms with Crippen molar-refractivity contribution in [2.45, 2.75) is 33.7 Å². The first-order valence-electron chi connectivity index (χ1n) is 9.72. The van der Waals surface area contributed by atoms with Crippen molar-refractivity contribution in [1.29, 1.82) is 0 Å². The summed E-state index contributed by atoms with van der Waals surface area (Å²) in [5.74, 6) is 1.29. The van der Waals surface area contributed by atoms with Crippen LogP contribution in [0.4, 0.5) is 5.69 Å². The van der Waals surface area contributed by atoms with E-state index in [1.165, 1.54) is 5.56 Å². The zero-order chi connectivity index (χ0) is 21.1. The molecule has 0 aliphatic carbocycles. The molecule has 0 spiro atoms. The normalized spacial score (nSPS) is 10.8. The van der Waals surface area contributed by atoms with Gasteiger partial charge in [0.15, 0.2) is 11.5 Å². The van der Waals surface area contributed by atoms with E-state index in [2.05, 4.69) is 35.0 Å². The van der Waals surface area contributed by atoms with Crippen molar-refractivity contribution in [3.8, 4) is 17.2 Å². The number of methoxy groups -OCH3 is 3. The van der Waals surface area contributed by atoms with Gasteiger partial charge in [-0.3, -0.25) is 4.79 Å². The first kappa shape index (κ1) is 20.6. The second-order valence-corrected chi connectivity index (χ2v) is 6.79. The second kappa shape index (κ2) is 8.47. The molecule has 0 aliphatic rings. The van der Waals surface area contributed by atoms with E-state index in [0.29, 0.717) is 35.2 Å². The highest BCUT2D eigenvalue weighted by Crippen LogP contribution is 2.40. The smallest absolute Gasteiger partial charge is 0.272 e. The zero-order valence-electron chi connectivity index (χ0n) is 17.9. The maximum atomic E-state index is 13.2. The van der Waals surface area contributed by atoms with Crippen LogP contribution < -0.4 is 19.5 Å². The summed E-state index contributed by atoms with van der Waals surface area (Å²) in [5, 5.41) is 4.10. The van der Waals surface area contributed by atoms with Gasteiger partial charge in [-0.2, -0.15) is 0 Å². The SMILES string of the molecule is CCc1ccc2c(c1)c(C)c(C(=O)Nc1cc(OC)c(OC)c(OC)c1)n2CC. The highest BCUT2D eigenvalue weighted by Gasteiger charge is 2.21. The fourth-order valence-corrected chi connectivity index (χ4v) is 3.75. The van der Waals surface area contributed by atoms with E-state index in [-0.39, 0.29) is 5.91 Å². The maximum absolute atomic E-state index is 13.2. The molecule has 0 fully saturated rings. The molecule has 0 saturated carbocycles. The molecule has 0 aliphatic heterocycles. The highest BCUT2D eigenvalue weighted by atomic mass is 16.5. The first-order valence-corrected chi connectivity index (χ1v) is 9.72. The van der Waals surface area contributed by atoms with Crippen molar-refractivity contribution < 1.29 is 19.0 Å². The van der Waals surface area contributed by atoms with Crippen LogP contribution >= 0.6 is 0 Å². The van der Waals surface area contributed by atoms with Crippen LogP contribution in [0.3, 0.4) is 0 Å². The maximum Gasteiger partial charge on any atom is 0.272 e. The summed E-state index contributed by atoms with van der Waals surface area (Å²) in [5.41, 5.74) is 4.53. The molecule has 3 aromatic rings. The third kappa shape index (κ3) is 3.62. The number of aryl methyl sites for hydroxylation is 3. The zero-order valence-corrected chi connectivity index (χ0v) is 17.9. The lowest BCUT2D eigenvalue weighted by Crippen LogP contribution is -2.18. The van der Waals surface area contributed by atoms with Gasteiger partial charge in [0.25, 0.3) is 5.91 Å². The Hall–Kier alpha value is -3.15. The third-order valence-electron chi connectivity index (χ3n) is 5.24. The molecule has 0 bridgehead atoms. The van der Waals surface area contributed by atoms with E-state index in [9.17, 15) is 4.79 Å². The Bertz CT molecular complexity index is 1030. The molecular weight excluding hydrogens is 368 g/mol. The van der Waals surface area contributed by atoms with Crippen LogP contribution in [0.15, 0.2) is 30.3 Å². The van der Waals surface area contributed by atoms with Crippen molar-refractivity contribution in [2.75, 3.05) is 26.6 Å². The Morgan fingerprint density at radius 2 is 1.66 bits per heavy atom. The van der Waals surface area contributed by atoms with Crippen molar-refractivity contribution in [1.82, 2.24) is 4.57 Å². The van der Waals surface area contributed by atoms with Gasteiger partial charge in [-0.05, 0) is 43.5 Å². The summed E-state index contributed by atoms with van der Waals surface area (Å²) in [6.45, 7) is 6.88. The average molecular weight is 396 g/mol. The number of hydrogen-bond acceptors (Lipinski definition) is 4. The molecule has 1 N–H and O–H groups in total. The Balaban J connectivity index is 2.05. The standard InChI is InChI=1S/C23H28N2O4/c1-7-15-9-10-18-17(11-15)14(3)21(25(18)8-2)23(26)24-16-12-19(27-4)22(29-6)20(13-16)28-5/h9-13H,7-8H2,1-6H3,(H,24,26). The molecule has 1 amide bonds. The lowest BCUT2D eigenvalue weighted by molar-refractivity contribution is 0.101. The molecule has 0 radical (unpaired) electrons. The third-order valence-corrected chi connectivity index (χ3v) is 5.24. The molecule has 0 atom stereocenters. The van der Waals surface area contributed by atoms with Crippen molar-refractivity contribution >= 4 is 22.5 Å². The van der Waals surface area contributed by atoms with Crippen LogP contribution in [0.5, 0.6) is 17.2 Å². The fourth-order valence-electron chi connectivity index (χ4n) is 3.75. The van der Waals surface area contributed by atoms with E-state index < -0.39 is 0 Å². The summed E-state index contributed by atoms with van der Waals surface area (Å²) in [6, 6.07) is 9.84. The molecule has 29 heavy (non-hydrogen) atoms. The van der Waals surface area contributed by atoms with E-state index in [1.54, 1.807) is 33.5 Å². The van der Waals surface area contributed by atoms with Gasteiger partial charge in [-0.25, -0.2) is 0 Å². The lowest BCUT2D eigenvalue weighted by Gasteiger charge is -2.15. The summed E-state index contributed by atoms with van der Waals surface area (Å²) >= 11 is 0. The van der Waals surface area contributed by atoms with Crippen LogP contribution in [-0.4, -0.2) is 31.8 Å². The van der Waals surface area contributed by atoms with Gasteiger partial charge < -0.3 is 24.1 Å². The Kier molecular flexibility index (Phi) is 6.01. The number of carbonyl (C=O) groups excluding carboxylic acids is 1. The molecule has 154 valence electrons. The van der Waals surface area contributed by atoms with Gasteiger partial charge in [0, 0.05) is 35.3 Å². The van der Waals surface area contributed by atoms with Crippen LogP contribution in [0, 0.1) is 6.92 Å². The minimum atomic E-state index is -0.173. The Morgan fingerprint density at radius 1 is 1.00 bits per heavy atom. The van der Waals surface area contributed by atoms with E-state index in [4.69, 9.17) is 14.2 Å². The number of anilines is 1. The fraction of sp³-hybridized carbons (Fsp3) is 0.348. The number of nitrogens with zero attached hydrogens (tertiary/aromatic N) is 1. The van der Waals surface area contributed by atoms with Crippen LogP contribution in [0.25, 0.3) is 10.9 Å². The molecule has 6 heteroatoms. The van der Waals surface area contributed by atoms with Crippen LogP contribution in [0.1, 0.15) is 35.5 Å². The Morgan fingerprint density at radius 3 is 2.17 bits per heavy atom. The minimum Gasteiger partial charge on any atom is -0.493 e. The van der Waals surface area contributed by atoms with E-state index >= 15 is 0 Å². The minimum absolute atomic E-state index is 0.173. The molecule has 2 aromatic carbocycles. The summed E-state index contributed by atoms with van der Waals surface area (Å²) in [4.78, 5) is 13.2. The summed E-state index contributed by atoms with van der Waals surface area (Å²) < 4.78 is 18.2. The van der Waals surface area contributed by atoms with Gasteiger partial charge in [-0.1, -0.05) is 13.0 Å². The largest absolute Gasteiger partial charge is 0.493 e. The van der Waals surface area contributed by atoms with Crippen molar-refractivity contribution in [3.63, 3.8) is 0 Å².